The van der Waals surface area contributed by atoms with Crippen LogP contribution in [0.3, 0.4) is 0 Å². The number of nitrogen functional groups attached to an aromatic ring is 1. The lowest BCUT2D eigenvalue weighted by Crippen LogP contribution is -2.42. The van der Waals surface area contributed by atoms with E-state index >= 15 is 0 Å². The van der Waals surface area contributed by atoms with Crippen molar-refractivity contribution in [2.24, 2.45) is 7.05 Å². The van der Waals surface area contributed by atoms with Crippen molar-refractivity contribution in [1.29, 1.82) is 0 Å². The van der Waals surface area contributed by atoms with E-state index in [2.05, 4.69) is 10.1 Å². The topological polar surface area (TPSA) is 162 Å². The van der Waals surface area contributed by atoms with Crippen molar-refractivity contribution in [3.05, 3.63) is 97.0 Å². The third kappa shape index (κ3) is 4.89. The number of hydrogen-bond acceptors (Lipinski definition) is 8. The van der Waals surface area contributed by atoms with Crippen LogP contribution in [0, 0.1) is 0 Å². The molecule has 4 rings (SSSR count). The molecule has 3 N–H and O–H groups in total. The zero-order valence-electron chi connectivity index (χ0n) is 20.1. The number of hydrogen-bond donors (Lipinski definition) is 2. The van der Waals surface area contributed by atoms with E-state index < -0.39 is 29.7 Å². The molecule has 2 aromatic carbocycles. The van der Waals surface area contributed by atoms with Gasteiger partial charge >= 0.3 is 11.7 Å². The van der Waals surface area contributed by atoms with E-state index in [0.29, 0.717) is 0 Å². The maximum absolute atomic E-state index is 13.0. The third-order valence-electron chi connectivity index (χ3n) is 5.76. The summed E-state index contributed by atoms with van der Waals surface area (Å²) in [5.41, 5.74) is 4.62. The van der Waals surface area contributed by atoms with E-state index in [9.17, 15) is 24.0 Å². The minimum Gasteiger partial charge on any atom is -0.451 e. The molecule has 0 fully saturated rings. The molecule has 2 heterocycles. The van der Waals surface area contributed by atoms with Gasteiger partial charge in [0.1, 0.15) is 5.82 Å². The number of likely N-dealkylation sites (N-methyl/N-ethyl adjacent to an activating group) is 1. The van der Waals surface area contributed by atoms with E-state index in [0.717, 1.165) is 19.7 Å². The second-order valence-corrected chi connectivity index (χ2v) is 8.10. The highest BCUT2D eigenvalue weighted by Crippen LogP contribution is 2.19. The fourth-order valence-electron chi connectivity index (χ4n) is 3.94. The molecular weight excluding hydrogens is 480 g/mol. The fraction of sp³-hybridized carbons (Fsp3) is 0.200. The molecule has 4 aromatic rings. The average Bonchev–Trinajstić information content (AvgIpc) is 2.90. The van der Waals surface area contributed by atoms with Gasteiger partial charge in [-0.2, -0.15) is 5.10 Å². The van der Waals surface area contributed by atoms with Crippen molar-refractivity contribution < 1.29 is 14.3 Å². The number of esters is 1. The Morgan fingerprint density at radius 1 is 1.03 bits per heavy atom. The van der Waals surface area contributed by atoms with Crippen molar-refractivity contribution in [3.8, 4) is 0 Å². The molecule has 190 valence electrons. The first kappa shape index (κ1) is 25.1. The molecular formula is C25H24N6O6. The predicted molar refractivity (Wildman–Crippen MR) is 137 cm³/mol. The molecule has 0 spiro atoms. The van der Waals surface area contributed by atoms with Gasteiger partial charge in [0.2, 0.25) is 0 Å². The summed E-state index contributed by atoms with van der Waals surface area (Å²) < 4.78 is 7.35. The molecule has 1 amide bonds. The van der Waals surface area contributed by atoms with Crippen molar-refractivity contribution in [2.45, 2.75) is 13.5 Å². The molecule has 0 saturated carbocycles. The van der Waals surface area contributed by atoms with Crippen LogP contribution in [-0.4, -0.2) is 44.4 Å². The van der Waals surface area contributed by atoms with Gasteiger partial charge in [0, 0.05) is 19.0 Å². The predicted octanol–water partition coefficient (Wildman–Crippen LogP) is 0.624. The Morgan fingerprint density at radius 3 is 2.35 bits per heavy atom. The summed E-state index contributed by atoms with van der Waals surface area (Å²) in [5.74, 6) is -1.87. The van der Waals surface area contributed by atoms with Gasteiger partial charge in [0.05, 0.1) is 11.9 Å². The van der Waals surface area contributed by atoms with Crippen LogP contribution in [0.5, 0.6) is 0 Å². The third-order valence-corrected chi connectivity index (χ3v) is 5.76. The number of ether oxygens (including phenoxy) is 1. The first-order valence-corrected chi connectivity index (χ1v) is 11.3. The number of nitrogens with zero attached hydrogens (tertiary/aromatic N) is 4. The molecule has 12 nitrogen and oxygen atoms in total. The van der Waals surface area contributed by atoms with E-state index in [-0.39, 0.29) is 46.6 Å². The minimum absolute atomic E-state index is 0.00816. The number of carbonyl (C=O) groups is 2. The number of carbonyl (C=O) groups excluding carboxylic acids is 2. The highest BCUT2D eigenvalue weighted by molar-refractivity contribution is 6.03. The summed E-state index contributed by atoms with van der Waals surface area (Å²) in [5, 5.41) is 4.54. The number of benzene rings is 2. The molecule has 0 saturated heterocycles. The van der Waals surface area contributed by atoms with Gasteiger partial charge in [-0.1, -0.05) is 48.5 Å². The number of aromatic nitrogens is 4. The van der Waals surface area contributed by atoms with Crippen molar-refractivity contribution in [3.63, 3.8) is 0 Å². The average molecular weight is 505 g/mol. The lowest BCUT2D eigenvalue weighted by Gasteiger charge is -2.23. The van der Waals surface area contributed by atoms with Gasteiger partial charge in [-0.25, -0.2) is 14.3 Å². The fourth-order valence-corrected chi connectivity index (χ4v) is 3.94. The number of fused-ring (bicyclic) bond motifs is 1. The number of H-pyrrole nitrogens is 1. The highest BCUT2D eigenvalue weighted by Gasteiger charge is 2.25. The molecule has 0 atom stereocenters. The number of nitrogens with one attached hydrogen (secondary N) is 1. The lowest BCUT2D eigenvalue weighted by atomic mass is 10.1. The molecule has 0 aliphatic rings. The van der Waals surface area contributed by atoms with Gasteiger partial charge in [0.25, 0.3) is 17.0 Å². The summed E-state index contributed by atoms with van der Waals surface area (Å²) >= 11 is 0. The second kappa shape index (κ2) is 10.3. The Hall–Kier alpha value is -5.00. The van der Waals surface area contributed by atoms with Gasteiger partial charge in [-0.15, -0.1) is 0 Å². The summed E-state index contributed by atoms with van der Waals surface area (Å²) in [6.07, 6.45) is 0. The summed E-state index contributed by atoms with van der Waals surface area (Å²) in [4.78, 5) is 66.5. The van der Waals surface area contributed by atoms with Crippen LogP contribution in [0.15, 0.2) is 69.0 Å². The van der Waals surface area contributed by atoms with Crippen LogP contribution >= 0.6 is 0 Å². The van der Waals surface area contributed by atoms with Crippen LogP contribution in [0.2, 0.25) is 0 Å². The summed E-state index contributed by atoms with van der Waals surface area (Å²) in [6.45, 7) is 0.950. The molecule has 2 aromatic heterocycles. The maximum Gasteiger partial charge on any atom is 0.359 e. The lowest BCUT2D eigenvalue weighted by molar-refractivity contribution is -0.121. The van der Waals surface area contributed by atoms with E-state index in [1.54, 1.807) is 55.5 Å². The molecule has 37 heavy (non-hydrogen) atoms. The van der Waals surface area contributed by atoms with Crippen LogP contribution in [0.4, 0.5) is 11.5 Å². The van der Waals surface area contributed by atoms with E-state index in [1.165, 1.54) is 7.05 Å². The number of aromatic amines is 1. The minimum atomic E-state index is -0.924. The maximum atomic E-state index is 13.0. The molecule has 0 radical (unpaired) electrons. The van der Waals surface area contributed by atoms with Crippen LogP contribution < -0.4 is 27.4 Å². The molecule has 0 bridgehead atoms. The van der Waals surface area contributed by atoms with Crippen molar-refractivity contribution >= 4 is 34.2 Å². The molecule has 12 heteroatoms. The largest absolute Gasteiger partial charge is 0.451 e. The second-order valence-electron chi connectivity index (χ2n) is 8.10. The van der Waals surface area contributed by atoms with Gasteiger partial charge in [-0.3, -0.25) is 23.9 Å². The number of amides is 1. The SMILES string of the molecule is CCN(C(=O)COC(=O)c1nn(C)c(=O)c2ccccc12)c1c(N)n(Cc2ccccc2)c(=O)[nH]c1=O. The normalized spacial score (nSPS) is 10.9. The van der Waals surface area contributed by atoms with Crippen molar-refractivity contribution in [2.75, 3.05) is 23.8 Å². The Bertz CT molecular complexity index is 1670. The first-order chi connectivity index (χ1) is 17.7. The van der Waals surface area contributed by atoms with Gasteiger partial charge in [0.15, 0.2) is 18.0 Å². The number of nitrogens with two attached hydrogens (primary N) is 1. The monoisotopic (exact) mass is 504 g/mol. The summed E-state index contributed by atoms with van der Waals surface area (Å²) in [6, 6.07) is 15.4. The standard InChI is InChI=1S/C25H24N6O6/c1-3-30(20-21(26)31(25(36)27-22(20)33)13-15-9-5-4-6-10-15)18(32)14-37-24(35)19-16-11-7-8-12-17(16)23(34)29(2)28-19/h4-12H,3,13-14,26H2,1-2H3,(H,27,33,36). The number of anilines is 2. The van der Waals surface area contributed by atoms with Gasteiger partial charge < -0.3 is 15.4 Å². The van der Waals surface area contributed by atoms with Gasteiger partial charge in [-0.05, 0) is 18.6 Å². The Balaban J connectivity index is 1.60. The van der Waals surface area contributed by atoms with Crippen LogP contribution in [0.25, 0.3) is 10.8 Å². The number of aryl methyl sites for hydroxylation is 1. The van der Waals surface area contributed by atoms with E-state index in [1.807, 2.05) is 6.07 Å². The van der Waals surface area contributed by atoms with Crippen LogP contribution in [-0.2, 0) is 23.1 Å². The first-order valence-electron chi connectivity index (χ1n) is 11.3. The zero-order chi connectivity index (χ0) is 26.7. The van der Waals surface area contributed by atoms with Crippen LogP contribution in [0.1, 0.15) is 23.0 Å². The number of rotatable bonds is 7. The molecule has 0 aliphatic heterocycles. The summed E-state index contributed by atoms with van der Waals surface area (Å²) in [7, 11) is 1.40. The Labute approximate surface area is 209 Å². The van der Waals surface area contributed by atoms with E-state index in [4.69, 9.17) is 10.5 Å². The smallest absolute Gasteiger partial charge is 0.359 e. The highest BCUT2D eigenvalue weighted by atomic mass is 16.5. The molecule has 0 aliphatic carbocycles. The Kier molecular flexibility index (Phi) is 7.00. The Morgan fingerprint density at radius 2 is 1.68 bits per heavy atom. The molecule has 0 unspecified atom stereocenters. The quantitative estimate of drug-likeness (QED) is 0.346. The zero-order valence-corrected chi connectivity index (χ0v) is 20.1. The van der Waals surface area contributed by atoms with Crippen molar-refractivity contribution in [1.82, 2.24) is 19.3 Å².